The van der Waals surface area contributed by atoms with Gasteiger partial charge in [0.1, 0.15) is 12.4 Å². The highest BCUT2D eigenvalue weighted by molar-refractivity contribution is 6.23. The van der Waals surface area contributed by atoms with Crippen molar-refractivity contribution in [2.45, 2.75) is 32.2 Å². The first-order chi connectivity index (χ1) is 18.9. The fourth-order valence-electron chi connectivity index (χ4n) is 6.67. The third kappa shape index (κ3) is 4.17. The second kappa shape index (κ2) is 9.89. The van der Waals surface area contributed by atoms with Crippen LogP contribution in [0.25, 0.3) is 0 Å². The van der Waals surface area contributed by atoms with Gasteiger partial charge in [-0.15, -0.1) is 0 Å². The molecule has 2 amide bonds. The molecule has 0 bridgehead atoms. The number of ether oxygens (including phenoxy) is 1. The van der Waals surface area contributed by atoms with Gasteiger partial charge in [0.15, 0.2) is 11.6 Å². The van der Waals surface area contributed by atoms with Crippen LogP contribution in [0.4, 0.5) is 0 Å². The second-order valence-corrected chi connectivity index (χ2v) is 10.6. The lowest BCUT2D eigenvalue weighted by molar-refractivity contribution is -0.140. The summed E-state index contributed by atoms with van der Waals surface area (Å²) in [6.07, 6.45) is 4.12. The minimum Gasteiger partial charge on any atom is -0.491 e. The predicted octanol–water partition coefficient (Wildman–Crippen LogP) is 3.69. The number of likely N-dealkylation sites (tertiary alicyclic amines) is 1. The zero-order valence-electron chi connectivity index (χ0n) is 21.6. The molecule has 1 fully saturated rings. The molecule has 0 saturated carbocycles. The molecule has 1 saturated heterocycles. The second-order valence-electron chi connectivity index (χ2n) is 10.6. The number of imide groups is 1. The van der Waals surface area contributed by atoms with Crippen molar-refractivity contribution in [3.8, 4) is 5.75 Å². The number of fused-ring (bicyclic) bond motifs is 3. The minimum absolute atomic E-state index is 0.103. The van der Waals surface area contributed by atoms with Crippen molar-refractivity contribution in [2.75, 3.05) is 13.2 Å². The van der Waals surface area contributed by atoms with Crippen molar-refractivity contribution in [1.29, 1.82) is 0 Å². The summed E-state index contributed by atoms with van der Waals surface area (Å²) in [6.45, 7) is 1.93. The predicted molar refractivity (Wildman–Crippen MR) is 142 cm³/mol. The van der Waals surface area contributed by atoms with Gasteiger partial charge in [-0.3, -0.25) is 24.1 Å². The Balaban J connectivity index is 1.40. The molecule has 0 radical (unpaired) electrons. The van der Waals surface area contributed by atoms with Gasteiger partial charge in [-0.25, -0.2) is 0 Å². The third-order valence-corrected chi connectivity index (χ3v) is 8.41. The Morgan fingerprint density at radius 3 is 2.41 bits per heavy atom. The molecular weight excluding hydrogens is 494 g/mol. The number of carbonyl (C=O) groups is 4. The van der Waals surface area contributed by atoms with Crippen LogP contribution in [0.5, 0.6) is 5.75 Å². The number of hydrogen-bond acceptors (Lipinski definition) is 6. The molecule has 3 aliphatic carbocycles. The Labute approximate surface area is 226 Å². The van der Waals surface area contributed by atoms with Gasteiger partial charge in [0.2, 0.25) is 11.8 Å². The summed E-state index contributed by atoms with van der Waals surface area (Å²) in [6, 6.07) is 16.7. The molecule has 39 heavy (non-hydrogen) atoms. The summed E-state index contributed by atoms with van der Waals surface area (Å²) < 4.78 is 5.51. The molecule has 7 nitrogen and oxygen atoms in total. The van der Waals surface area contributed by atoms with Crippen LogP contribution in [0.15, 0.2) is 89.0 Å². The average molecular weight is 524 g/mol. The lowest BCUT2D eigenvalue weighted by Gasteiger charge is -2.42. The molecule has 0 spiro atoms. The summed E-state index contributed by atoms with van der Waals surface area (Å²) in [7, 11) is 0. The van der Waals surface area contributed by atoms with Crippen LogP contribution in [-0.4, -0.2) is 46.6 Å². The largest absolute Gasteiger partial charge is 0.491 e. The van der Waals surface area contributed by atoms with Gasteiger partial charge in [-0.2, -0.15) is 0 Å². The summed E-state index contributed by atoms with van der Waals surface area (Å²) in [4.78, 5) is 55.4. The molecule has 2 aromatic rings. The van der Waals surface area contributed by atoms with Gasteiger partial charge >= 0.3 is 0 Å². The molecule has 198 valence electrons. The van der Waals surface area contributed by atoms with E-state index in [4.69, 9.17) is 9.84 Å². The normalized spacial score (nSPS) is 26.2. The first-order valence-electron chi connectivity index (χ1n) is 13.3. The van der Waals surface area contributed by atoms with Crippen LogP contribution < -0.4 is 4.74 Å². The van der Waals surface area contributed by atoms with Gasteiger partial charge < -0.3 is 9.84 Å². The van der Waals surface area contributed by atoms with E-state index in [-0.39, 0.29) is 55.5 Å². The van der Waals surface area contributed by atoms with Crippen LogP contribution in [0, 0.1) is 17.8 Å². The van der Waals surface area contributed by atoms with E-state index < -0.39 is 17.8 Å². The Kier molecular flexibility index (Phi) is 6.39. The van der Waals surface area contributed by atoms with Crippen molar-refractivity contribution < 1.29 is 29.0 Å². The van der Waals surface area contributed by atoms with Crippen molar-refractivity contribution in [2.24, 2.45) is 17.8 Å². The van der Waals surface area contributed by atoms with Crippen molar-refractivity contribution in [3.05, 3.63) is 100 Å². The fourth-order valence-corrected chi connectivity index (χ4v) is 6.67. The molecule has 2 aromatic carbocycles. The number of aliphatic hydroxyl groups excluding tert-OH is 1. The van der Waals surface area contributed by atoms with E-state index in [1.54, 1.807) is 19.1 Å². The molecular formula is C32H29NO6. The monoisotopic (exact) mass is 523 g/mol. The zero-order chi connectivity index (χ0) is 27.3. The van der Waals surface area contributed by atoms with Gasteiger partial charge in [0.05, 0.1) is 25.0 Å². The highest BCUT2D eigenvalue weighted by atomic mass is 16.5. The maximum atomic E-state index is 13.8. The Hall–Kier alpha value is -4.10. The van der Waals surface area contributed by atoms with Crippen molar-refractivity contribution >= 4 is 23.4 Å². The van der Waals surface area contributed by atoms with Crippen LogP contribution in [0.2, 0.25) is 0 Å². The van der Waals surface area contributed by atoms with Crippen molar-refractivity contribution in [3.63, 3.8) is 0 Å². The number of benzene rings is 2. The molecule has 4 aliphatic rings. The number of hydrogen-bond donors (Lipinski definition) is 1. The number of nitrogens with zero attached hydrogens (tertiary/aromatic N) is 1. The molecule has 1 aliphatic heterocycles. The number of aliphatic hydroxyl groups is 1. The SMILES string of the molecule is CC1=CC(=O)C2=C(CC3C(=CCC4C(=O)N(Cc5ccccc5)C(=O)C43)C2c2ccc(OCCO)cc2)C1=O. The first-order valence-corrected chi connectivity index (χ1v) is 13.3. The number of rotatable bonds is 6. The Morgan fingerprint density at radius 1 is 0.949 bits per heavy atom. The van der Waals surface area contributed by atoms with E-state index >= 15 is 0 Å². The first kappa shape index (κ1) is 25.2. The molecule has 4 atom stereocenters. The summed E-state index contributed by atoms with van der Waals surface area (Å²) >= 11 is 0. The lowest BCUT2D eigenvalue weighted by Crippen LogP contribution is -2.39. The quantitative estimate of drug-likeness (QED) is 0.352. The highest BCUT2D eigenvalue weighted by Gasteiger charge is 2.56. The standard InChI is InChI=1S/C32H29NO6/c1-18-15-26(35)29-25(30(18)36)16-24-22(27(29)20-7-9-21(10-8-20)39-14-13-34)11-12-23-28(24)32(38)33(31(23)37)17-19-5-3-2-4-6-19/h2-11,15,23-24,27-28,34H,12-14,16-17H2,1H3. The summed E-state index contributed by atoms with van der Waals surface area (Å²) in [5.74, 6) is -2.03. The lowest BCUT2D eigenvalue weighted by atomic mass is 9.59. The maximum absolute atomic E-state index is 13.8. The minimum atomic E-state index is -0.570. The van der Waals surface area contributed by atoms with Crippen LogP contribution in [-0.2, 0) is 25.7 Å². The smallest absolute Gasteiger partial charge is 0.234 e. The van der Waals surface area contributed by atoms with E-state index in [0.717, 1.165) is 16.7 Å². The Morgan fingerprint density at radius 2 is 1.69 bits per heavy atom. The molecule has 1 N–H and O–H groups in total. The molecule has 7 heteroatoms. The molecule has 1 heterocycles. The molecule has 6 rings (SSSR count). The Bertz CT molecular complexity index is 1470. The van der Waals surface area contributed by atoms with E-state index in [2.05, 4.69) is 0 Å². The number of carbonyl (C=O) groups excluding carboxylic acids is 4. The fraction of sp³-hybridized carbons (Fsp3) is 0.312. The third-order valence-electron chi connectivity index (χ3n) is 8.41. The number of Topliss-reactive ketones (excluding diaryl/α,β-unsaturated/α-hetero) is 1. The summed E-state index contributed by atoms with van der Waals surface area (Å²) in [5, 5.41) is 9.07. The highest BCUT2D eigenvalue weighted by Crippen LogP contribution is 2.55. The molecule has 0 aromatic heterocycles. The van der Waals surface area contributed by atoms with Gasteiger partial charge in [-0.05, 0) is 55.0 Å². The van der Waals surface area contributed by atoms with E-state index in [0.29, 0.717) is 28.9 Å². The van der Waals surface area contributed by atoms with Crippen molar-refractivity contribution in [1.82, 2.24) is 4.90 Å². The van der Waals surface area contributed by atoms with Crippen LogP contribution in [0.1, 0.15) is 36.8 Å². The van der Waals surface area contributed by atoms with E-state index in [1.165, 1.54) is 11.0 Å². The summed E-state index contributed by atoms with van der Waals surface area (Å²) in [5.41, 5.74) is 3.94. The van der Waals surface area contributed by atoms with Gasteiger partial charge in [0, 0.05) is 22.6 Å². The van der Waals surface area contributed by atoms with Crippen LogP contribution >= 0.6 is 0 Å². The maximum Gasteiger partial charge on any atom is 0.234 e. The average Bonchev–Trinajstić information content (AvgIpc) is 3.19. The molecule has 4 unspecified atom stereocenters. The van der Waals surface area contributed by atoms with E-state index in [1.807, 2.05) is 48.5 Å². The van der Waals surface area contributed by atoms with Gasteiger partial charge in [0.25, 0.3) is 0 Å². The number of amides is 2. The van der Waals surface area contributed by atoms with Gasteiger partial charge in [-0.1, -0.05) is 54.1 Å². The zero-order valence-corrected chi connectivity index (χ0v) is 21.6. The number of allylic oxidation sites excluding steroid dienone is 6. The topological polar surface area (TPSA) is 101 Å². The van der Waals surface area contributed by atoms with E-state index in [9.17, 15) is 19.2 Å². The number of ketones is 2. The van der Waals surface area contributed by atoms with Crippen LogP contribution in [0.3, 0.4) is 0 Å².